The normalized spacial score (nSPS) is 17.8. The molecule has 1 aliphatic rings. The Morgan fingerprint density at radius 2 is 2.14 bits per heavy atom. The molecule has 0 spiro atoms. The maximum absolute atomic E-state index is 12.5. The summed E-state index contributed by atoms with van der Waals surface area (Å²) in [5.41, 5.74) is 0.858. The van der Waals surface area contributed by atoms with Crippen LogP contribution in [0.4, 0.5) is 5.69 Å². The summed E-state index contributed by atoms with van der Waals surface area (Å²) >= 11 is 0. The van der Waals surface area contributed by atoms with E-state index >= 15 is 0 Å². The zero-order valence-corrected chi connectivity index (χ0v) is 12.2. The molecule has 8 nitrogen and oxygen atoms in total. The minimum atomic E-state index is -0.441. The van der Waals surface area contributed by atoms with Crippen LogP contribution in [0.3, 0.4) is 0 Å². The number of para-hydroxylation sites is 1. The predicted molar refractivity (Wildman–Crippen MR) is 77.8 cm³/mol. The van der Waals surface area contributed by atoms with Gasteiger partial charge in [0.05, 0.1) is 0 Å². The lowest BCUT2D eigenvalue weighted by Gasteiger charge is -2.24. The molecule has 1 aliphatic heterocycles. The minimum absolute atomic E-state index is 0.0264. The molecule has 3 rings (SSSR count). The highest BCUT2D eigenvalue weighted by Gasteiger charge is 2.37. The fourth-order valence-corrected chi connectivity index (χ4v) is 2.57. The van der Waals surface area contributed by atoms with Crippen molar-refractivity contribution in [2.45, 2.75) is 19.0 Å². The van der Waals surface area contributed by atoms with Gasteiger partial charge in [0.2, 0.25) is 11.8 Å². The van der Waals surface area contributed by atoms with E-state index in [9.17, 15) is 9.59 Å². The Kier molecular flexibility index (Phi) is 3.82. The molecule has 1 atom stereocenters. The lowest BCUT2D eigenvalue weighted by atomic mass is 10.2. The molecule has 1 aromatic carbocycles. The topological polar surface area (TPSA) is 84.2 Å². The summed E-state index contributed by atoms with van der Waals surface area (Å²) in [6, 6.07) is 9.03. The third kappa shape index (κ3) is 2.67. The van der Waals surface area contributed by atoms with Crippen molar-refractivity contribution >= 4 is 17.5 Å². The van der Waals surface area contributed by atoms with Crippen LogP contribution in [-0.2, 0) is 16.1 Å². The van der Waals surface area contributed by atoms with Gasteiger partial charge in [-0.15, -0.1) is 5.10 Å². The van der Waals surface area contributed by atoms with Gasteiger partial charge in [-0.05, 0) is 29.0 Å². The first-order valence-electron chi connectivity index (χ1n) is 6.99. The van der Waals surface area contributed by atoms with Gasteiger partial charge in [-0.3, -0.25) is 9.59 Å². The summed E-state index contributed by atoms with van der Waals surface area (Å²) in [5.74, 6) is -0.251. The first-order valence-corrected chi connectivity index (χ1v) is 6.99. The van der Waals surface area contributed by atoms with Crippen molar-refractivity contribution in [2.24, 2.45) is 0 Å². The highest BCUT2D eigenvalue weighted by Crippen LogP contribution is 2.23. The van der Waals surface area contributed by atoms with Crippen LogP contribution in [0, 0.1) is 0 Å². The van der Waals surface area contributed by atoms with E-state index in [4.69, 9.17) is 0 Å². The van der Waals surface area contributed by atoms with E-state index in [1.54, 1.807) is 11.9 Å². The predicted octanol–water partition coefficient (Wildman–Crippen LogP) is -0.0630. The standard InChI is InChI=1S/C14H16N6O2/c1-18(13(21)9-19-10-15-16-17-19)12-7-8-20(14(12)22)11-5-3-2-4-6-11/h2-6,10,12H,7-9H2,1H3. The molecule has 22 heavy (non-hydrogen) atoms. The molecule has 114 valence electrons. The van der Waals surface area contributed by atoms with Gasteiger partial charge in [0.1, 0.15) is 18.9 Å². The van der Waals surface area contributed by atoms with Crippen LogP contribution in [0.2, 0.25) is 0 Å². The number of nitrogens with zero attached hydrogens (tertiary/aromatic N) is 6. The molecule has 2 amide bonds. The molecular formula is C14H16N6O2. The third-order valence-corrected chi connectivity index (χ3v) is 3.79. The molecule has 1 saturated heterocycles. The Labute approximate surface area is 127 Å². The van der Waals surface area contributed by atoms with Crippen molar-refractivity contribution in [3.8, 4) is 0 Å². The Bertz CT molecular complexity index is 657. The highest BCUT2D eigenvalue weighted by molar-refractivity contribution is 6.01. The molecule has 0 aliphatic carbocycles. The van der Waals surface area contributed by atoms with E-state index in [-0.39, 0.29) is 18.4 Å². The summed E-state index contributed by atoms with van der Waals surface area (Å²) in [6.07, 6.45) is 1.99. The number of carbonyl (C=O) groups excluding carboxylic acids is 2. The Balaban J connectivity index is 1.68. The highest BCUT2D eigenvalue weighted by atomic mass is 16.2. The van der Waals surface area contributed by atoms with Crippen LogP contribution < -0.4 is 4.90 Å². The van der Waals surface area contributed by atoms with Crippen LogP contribution in [0.15, 0.2) is 36.7 Å². The summed E-state index contributed by atoms with van der Waals surface area (Å²) < 4.78 is 1.34. The number of anilines is 1. The number of benzene rings is 1. The van der Waals surface area contributed by atoms with Gasteiger partial charge in [-0.25, -0.2) is 4.68 Å². The van der Waals surface area contributed by atoms with Crippen LogP contribution in [0.5, 0.6) is 0 Å². The van der Waals surface area contributed by atoms with Gasteiger partial charge < -0.3 is 9.80 Å². The fraction of sp³-hybridized carbons (Fsp3) is 0.357. The zero-order chi connectivity index (χ0) is 15.5. The van der Waals surface area contributed by atoms with Crippen molar-refractivity contribution in [1.82, 2.24) is 25.1 Å². The molecule has 8 heteroatoms. The van der Waals surface area contributed by atoms with Crippen LogP contribution in [0.25, 0.3) is 0 Å². The van der Waals surface area contributed by atoms with E-state index in [1.807, 2.05) is 30.3 Å². The third-order valence-electron chi connectivity index (χ3n) is 3.79. The van der Waals surface area contributed by atoms with Crippen LogP contribution in [-0.4, -0.2) is 56.6 Å². The van der Waals surface area contributed by atoms with Crippen molar-refractivity contribution in [3.05, 3.63) is 36.7 Å². The average molecular weight is 300 g/mol. The monoisotopic (exact) mass is 300 g/mol. The van der Waals surface area contributed by atoms with Crippen molar-refractivity contribution in [3.63, 3.8) is 0 Å². The van der Waals surface area contributed by atoms with Gasteiger partial charge in [-0.1, -0.05) is 18.2 Å². The maximum Gasteiger partial charge on any atom is 0.249 e. The smallest absolute Gasteiger partial charge is 0.249 e. The van der Waals surface area contributed by atoms with Gasteiger partial charge in [-0.2, -0.15) is 0 Å². The first kappa shape index (κ1) is 14.2. The molecule has 1 unspecified atom stereocenters. The van der Waals surface area contributed by atoms with Crippen molar-refractivity contribution < 1.29 is 9.59 Å². The summed E-state index contributed by atoms with van der Waals surface area (Å²) in [4.78, 5) is 28.0. The molecule has 1 fully saturated rings. The second kappa shape index (κ2) is 5.92. The zero-order valence-electron chi connectivity index (χ0n) is 12.2. The average Bonchev–Trinajstić information content (AvgIpc) is 3.17. The van der Waals surface area contributed by atoms with E-state index < -0.39 is 6.04 Å². The second-order valence-electron chi connectivity index (χ2n) is 5.14. The molecular weight excluding hydrogens is 284 g/mol. The molecule has 2 aromatic rings. The number of carbonyl (C=O) groups is 2. The first-order chi connectivity index (χ1) is 10.7. The quantitative estimate of drug-likeness (QED) is 0.789. The number of likely N-dealkylation sites (N-methyl/N-ethyl adjacent to an activating group) is 1. The van der Waals surface area contributed by atoms with E-state index in [1.165, 1.54) is 15.9 Å². The Hall–Kier alpha value is -2.77. The van der Waals surface area contributed by atoms with Crippen LogP contribution in [0.1, 0.15) is 6.42 Å². The Morgan fingerprint density at radius 1 is 1.36 bits per heavy atom. The number of tetrazole rings is 1. The van der Waals surface area contributed by atoms with Gasteiger partial charge in [0.15, 0.2) is 0 Å². The van der Waals surface area contributed by atoms with Crippen LogP contribution >= 0.6 is 0 Å². The number of hydrogen-bond acceptors (Lipinski definition) is 5. The molecule has 2 heterocycles. The number of aromatic nitrogens is 4. The van der Waals surface area contributed by atoms with E-state index in [0.29, 0.717) is 13.0 Å². The molecule has 0 radical (unpaired) electrons. The lowest BCUT2D eigenvalue weighted by molar-refractivity contribution is -0.137. The Morgan fingerprint density at radius 3 is 2.82 bits per heavy atom. The number of amides is 2. The van der Waals surface area contributed by atoms with Crippen molar-refractivity contribution in [2.75, 3.05) is 18.5 Å². The number of hydrogen-bond donors (Lipinski definition) is 0. The van der Waals surface area contributed by atoms with Gasteiger partial charge >= 0.3 is 0 Å². The van der Waals surface area contributed by atoms with Gasteiger partial charge in [0, 0.05) is 19.3 Å². The van der Waals surface area contributed by atoms with Gasteiger partial charge in [0.25, 0.3) is 0 Å². The van der Waals surface area contributed by atoms with E-state index in [2.05, 4.69) is 15.5 Å². The summed E-state index contributed by atoms with van der Waals surface area (Å²) in [6.45, 7) is 0.634. The lowest BCUT2D eigenvalue weighted by Crippen LogP contribution is -2.44. The second-order valence-corrected chi connectivity index (χ2v) is 5.14. The van der Waals surface area contributed by atoms with Crippen molar-refractivity contribution in [1.29, 1.82) is 0 Å². The van der Waals surface area contributed by atoms with E-state index in [0.717, 1.165) is 5.69 Å². The number of rotatable bonds is 4. The summed E-state index contributed by atoms with van der Waals surface area (Å²) in [5, 5.41) is 10.6. The fourth-order valence-electron chi connectivity index (χ4n) is 2.57. The minimum Gasteiger partial charge on any atom is -0.332 e. The largest absolute Gasteiger partial charge is 0.332 e. The molecule has 0 N–H and O–H groups in total. The molecule has 1 aromatic heterocycles. The molecule has 0 saturated carbocycles. The molecule has 0 bridgehead atoms. The maximum atomic E-state index is 12.5. The SMILES string of the molecule is CN(C(=O)Cn1cnnn1)C1CCN(c2ccccc2)C1=O. The summed E-state index contributed by atoms with van der Waals surface area (Å²) in [7, 11) is 1.64.